The van der Waals surface area contributed by atoms with E-state index in [1.165, 1.54) is 0 Å². The van der Waals surface area contributed by atoms with Crippen LogP contribution in [0.2, 0.25) is 5.02 Å². The summed E-state index contributed by atoms with van der Waals surface area (Å²) in [6, 6.07) is 19.2. The van der Waals surface area contributed by atoms with Crippen LogP contribution in [0, 0.1) is 0 Å². The molecule has 170 valence electrons. The van der Waals surface area contributed by atoms with Gasteiger partial charge in [-0.25, -0.2) is 0 Å². The van der Waals surface area contributed by atoms with Crippen molar-refractivity contribution in [2.75, 3.05) is 17.7 Å². The Balaban J connectivity index is 1.43. The SMILES string of the molecule is COc1ccc2occ(CC(=O)Nc3c(C(=O)Nc4ccc(Cl)cc4)oc4ccccc34)c2c1. The van der Waals surface area contributed by atoms with Gasteiger partial charge in [0.1, 0.15) is 22.6 Å². The third kappa shape index (κ3) is 4.21. The number of carbonyl (C=O) groups is 2. The van der Waals surface area contributed by atoms with Gasteiger partial charge in [0, 0.05) is 27.0 Å². The molecule has 0 atom stereocenters. The van der Waals surface area contributed by atoms with Gasteiger partial charge in [0.25, 0.3) is 5.91 Å². The summed E-state index contributed by atoms with van der Waals surface area (Å²) in [6.45, 7) is 0. The Kier molecular flexibility index (Phi) is 5.69. The number of methoxy groups -OCH3 is 1. The van der Waals surface area contributed by atoms with Crippen molar-refractivity contribution < 1.29 is 23.2 Å². The first-order chi connectivity index (χ1) is 16.5. The van der Waals surface area contributed by atoms with Crippen molar-refractivity contribution in [3.63, 3.8) is 0 Å². The van der Waals surface area contributed by atoms with Gasteiger partial charge in [0.15, 0.2) is 0 Å². The number of rotatable bonds is 6. The molecule has 0 radical (unpaired) electrons. The largest absolute Gasteiger partial charge is 0.497 e. The van der Waals surface area contributed by atoms with Crippen molar-refractivity contribution in [2.45, 2.75) is 6.42 Å². The first-order valence-electron chi connectivity index (χ1n) is 10.4. The standard InChI is InChI=1S/C26H19ClN2O5/c1-32-18-10-11-21-20(13-18)15(14-33-21)12-23(30)29-24-19-4-2-3-5-22(19)34-25(24)26(31)28-17-8-6-16(27)7-9-17/h2-11,13-14H,12H2,1H3,(H,28,31)(H,29,30). The molecule has 3 aromatic carbocycles. The fourth-order valence-electron chi connectivity index (χ4n) is 3.73. The maximum atomic E-state index is 13.0. The molecule has 5 rings (SSSR count). The number of carbonyl (C=O) groups excluding carboxylic acids is 2. The average Bonchev–Trinajstić information content (AvgIpc) is 3.41. The lowest BCUT2D eigenvalue weighted by atomic mass is 10.1. The number of amides is 2. The third-order valence-corrected chi connectivity index (χ3v) is 5.63. The predicted octanol–water partition coefficient (Wildman–Crippen LogP) is 6.27. The van der Waals surface area contributed by atoms with Gasteiger partial charge in [-0.15, -0.1) is 0 Å². The van der Waals surface area contributed by atoms with Crippen LogP contribution >= 0.6 is 11.6 Å². The molecule has 0 aliphatic carbocycles. The van der Waals surface area contributed by atoms with Crippen molar-refractivity contribution in [1.82, 2.24) is 0 Å². The van der Waals surface area contributed by atoms with Crippen molar-refractivity contribution in [3.8, 4) is 5.75 Å². The van der Waals surface area contributed by atoms with Crippen molar-refractivity contribution >= 4 is 56.7 Å². The summed E-state index contributed by atoms with van der Waals surface area (Å²) >= 11 is 5.92. The summed E-state index contributed by atoms with van der Waals surface area (Å²) in [4.78, 5) is 26.0. The van der Waals surface area contributed by atoms with Crippen molar-refractivity contribution in [1.29, 1.82) is 0 Å². The van der Waals surface area contributed by atoms with Crippen LogP contribution < -0.4 is 15.4 Å². The Bertz CT molecular complexity index is 1520. The van der Waals surface area contributed by atoms with Crippen LogP contribution in [0.15, 0.2) is 81.8 Å². The summed E-state index contributed by atoms with van der Waals surface area (Å²) in [5.41, 5.74) is 2.69. The molecule has 0 bridgehead atoms. The zero-order chi connectivity index (χ0) is 23.7. The minimum Gasteiger partial charge on any atom is -0.497 e. The monoisotopic (exact) mass is 474 g/mol. The zero-order valence-electron chi connectivity index (χ0n) is 18.1. The minimum atomic E-state index is -0.493. The van der Waals surface area contributed by atoms with E-state index in [0.29, 0.717) is 44.3 Å². The Morgan fingerprint density at radius 2 is 1.74 bits per heavy atom. The van der Waals surface area contributed by atoms with Crippen LogP contribution in [0.25, 0.3) is 21.9 Å². The maximum Gasteiger partial charge on any atom is 0.293 e. The maximum absolute atomic E-state index is 13.0. The molecule has 0 spiro atoms. The number of anilines is 2. The first kappa shape index (κ1) is 21.6. The number of furan rings is 2. The molecule has 5 aromatic rings. The lowest BCUT2D eigenvalue weighted by Gasteiger charge is -2.07. The number of hydrogen-bond acceptors (Lipinski definition) is 5. The number of fused-ring (bicyclic) bond motifs is 2. The van der Waals surface area contributed by atoms with Crippen molar-refractivity contribution in [2.24, 2.45) is 0 Å². The number of ether oxygens (including phenoxy) is 1. The second-order valence-corrected chi connectivity index (χ2v) is 8.05. The molecule has 0 saturated heterocycles. The van der Waals surface area contributed by atoms with Gasteiger partial charge >= 0.3 is 0 Å². The highest BCUT2D eigenvalue weighted by molar-refractivity contribution is 6.30. The van der Waals surface area contributed by atoms with Crippen LogP contribution in [0.4, 0.5) is 11.4 Å². The summed E-state index contributed by atoms with van der Waals surface area (Å²) < 4.78 is 16.6. The van der Waals surface area contributed by atoms with E-state index in [-0.39, 0.29) is 18.1 Å². The summed E-state index contributed by atoms with van der Waals surface area (Å²) in [5.74, 6) is -0.147. The molecule has 34 heavy (non-hydrogen) atoms. The third-order valence-electron chi connectivity index (χ3n) is 5.38. The lowest BCUT2D eigenvalue weighted by molar-refractivity contribution is -0.115. The molecular weight excluding hydrogens is 456 g/mol. The number of para-hydroxylation sites is 1. The molecule has 0 unspecified atom stereocenters. The van der Waals surface area contributed by atoms with Crippen molar-refractivity contribution in [3.05, 3.63) is 89.3 Å². The highest BCUT2D eigenvalue weighted by atomic mass is 35.5. The van der Waals surface area contributed by atoms with E-state index in [2.05, 4.69) is 10.6 Å². The van der Waals surface area contributed by atoms with Gasteiger partial charge in [-0.2, -0.15) is 0 Å². The number of hydrogen-bond donors (Lipinski definition) is 2. The van der Waals surface area contributed by atoms with Gasteiger partial charge in [0.05, 0.1) is 19.8 Å². The van der Waals surface area contributed by atoms with E-state index in [9.17, 15) is 9.59 Å². The lowest BCUT2D eigenvalue weighted by Crippen LogP contribution is -2.18. The topological polar surface area (TPSA) is 93.7 Å². The summed E-state index contributed by atoms with van der Waals surface area (Å²) in [6.07, 6.45) is 1.59. The van der Waals surface area contributed by atoms with E-state index in [0.717, 1.165) is 5.39 Å². The molecular formula is C26H19ClN2O5. The van der Waals surface area contributed by atoms with Gasteiger partial charge in [-0.05, 0) is 54.6 Å². The molecule has 0 fully saturated rings. The molecule has 2 N–H and O–H groups in total. The van der Waals surface area contributed by atoms with Crippen LogP contribution in [-0.2, 0) is 11.2 Å². The highest BCUT2D eigenvalue weighted by Gasteiger charge is 2.23. The Morgan fingerprint density at radius 1 is 0.941 bits per heavy atom. The summed E-state index contributed by atoms with van der Waals surface area (Å²) in [7, 11) is 1.58. The van der Waals surface area contributed by atoms with E-state index < -0.39 is 5.91 Å². The van der Waals surface area contributed by atoms with Crippen LogP contribution in [0.1, 0.15) is 16.1 Å². The molecule has 2 amide bonds. The van der Waals surface area contributed by atoms with E-state index in [1.54, 1.807) is 68.0 Å². The molecule has 7 nitrogen and oxygen atoms in total. The number of halogens is 1. The van der Waals surface area contributed by atoms with Crippen LogP contribution in [0.5, 0.6) is 5.75 Å². The second kappa shape index (κ2) is 8.96. The molecule has 2 aromatic heterocycles. The zero-order valence-corrected chi connectivity index (χ0v) is 18.8. The van der Waals surface area contributed by atoms with Gasteiger partial charge < -0.3 is 24.2 Å². The smallest absolute Gasteiger partial charge is 0.293 e. The van der Waals surface area contributed by atoms with E-state index in [1.807, 2.05) is 12.1 Å². The Morgan fingerprint density at radius 3 is 2.53 bits per heavy atom. The minimum absolute atomic E-state index is 0.00298. The second-order valence-electron chi connectivity index (χ2n) is 7.61. The van der Waals surface area contributed by atoms with Gasteiger partial charge in [-0.1, -0.05) is 23.7 Å². The number of nitrogens with one attached hydrogen (secondary N) is 2. The number of benzene rings is 3. The fourth-order valence-corrected chi connectivity index (χ4v) is 3.86. The normalized spacial score (nSPS) is 11.0. The molecule has 0 saturated carbocycles. The highest BCUT2D eigenvalue weighted by Crippen LogP contribution is 2.32. The van der Waals surface area contributed by atoms with Gasteiger partial charge in [-0.3, -0.25) is 9.59 Å². The molecule has 0 aliphatic heterocycles. The molecule has 8 heteroatoms. The van der Waals surface area contributed by atoms with E-state index in [4.69, 9.17) is 25.2 Å². The summed E-state index contributed by atoms with van der Waals surface area (Å²) in [5, 5.41) is 7.58. The fraction of sp³-hybridized carbons (Fsp3) is 0.0769. The predicted molar refractivity (Wildman–Crippen MR) is 131 cm³/mol. The van der Waals surface area contributed by atoms with E-state index >= 15 is 0 Å². The first-order valence-corrected chi connectivity index (χ1v) is 10.8. The quantitative estimate of drug-likeness (QED) is 0.302. The molecule has 0 aliphatic rings. The van der Waals surface area contributed by atoms with Gasteiger partial charge in [0.2, 0.25) is 11.7 Å². The average molecular weight is 475 g/mol. The van der Waals surface area contributed by atoms with Crippen LogP contribution in [-0.4, -0.2) is 18.9 Å². The molecule has 2 heterocycles. The Hall–Kier alpha value is -4.23. The van der Waals surface area contributed by atoms with Crippen LogP contribution in [0.3, 0.4) is 0 Å². The Labute approximate surface area is 199 Å².